The third kappa shape index (κ3) is 3.01. The van der Waals surface area contributed by atoms with E-state index < -0.39 is 0 Å². The van der Waals surface area contributed by atoms with Crippen molar-refractivity contribution in [2.24, 2.45) is 0 Å². The number of pyridine rings is 1. The molecule has 2 rings (SSSR count). The van der Waals surface area contributed by atoms with Crippen LogP contribution in [0.4, 0.5) is 0 Å². The van der Waals surface area contributed by atoms with Gasteiger partial charge in [0.1, 0.15) is 0 Å². The van der Waals surface area contributed by atoms with Gasteiger partial charge in [0, 0.05) is 36.6 Å². The van der Waals surface area contributed by atoms with Crippen molar-refractivity contribution in [2.75, 3.05) is 6.54 Å². The van der Waals surface area contributed by atoms with Gasteiger partial charge in [-0.2, -0.15) is 5.10 Å². The lowest BCUT2D eigenvalue weighted by molar-refractivity contribution is 0.742. The molecule has 0 atom stereocenters. The van der Waals surface area contributed by atoms with Crippen molar-refractivity contribution in [1.82, 2.24) is 20.5 Å². The molecule has 0 spiro atoms. The molecule has 0 aromatic carbocycles. The van der Waals surface area contributed by atoms with E-state index in [0.29, 0.717) is 0 Å². The zero-order valence-corrected chi connectivity index (χ0v) is 9.90. The number of nitrogens with zero attached hydrogens (tertiary/aromatic N) is 2. The number of hydrogen-bond acceptors (Lipinski definition) is 3. The van der Waals surface area contributed by atoms with Crippen LogP contribution in [0.1, 0.15) is 12.5 Å². The molecule has 4 heteroatoms. The smallest absolute Gasteiger partial charge is 0.0710 e. The second-order valence-electron chi connectivity index (χ2n) is 4.07. The third-order valence-electron chi connectivity index (χ3n) is 2.41. The van der Waals surface area contributed by atoms with Gasteiger partial charge in [-0.3, -0.25) is 10.1 Å². The fourth-order valence-corrected chi connectivity index (χ4v) is 1.62. The highest BCUT2D eigenvalue weighted by Gasteiger charge is 2.06. The van der Waals surface area contributed by atoms with Crippen molar-refractivity contribution in [1.29, 1.82) is 0 Å². The molecule has 0 saturated carbocycles. The molecule has 0 aliphatic carbocycles. The van der Waals surface area contributed by atoms with Crippen molar-refractivity contribution in [3.8, 4) is 11.3 Å². The van der Waals surface area contributed by atoms with Crippen LogP contribution in [0.3, 0.4) is 0 Å². The molecule has 0 saturated heterocycles. The van der Waals surface area contributed by atoms with Crippen LogP contribution in [-0.4, -0.2) is 21.7 Å². The summed E-state index contributed by atoms with van der Waals surface area (Å²) in [6.45, 7) is 7.45. The largest absolute Gasteiger partial charge is 0.309 e. The van der Waals surface area contributed by atoms with Gasteiger partial charge in [0.25, 0.3) is 0 Å². The molecule has 2 N–H and O–H groups in total. The first-order valence-electron chi connectivity index (χ1n) is 5.55. The Morgan fingerprint density at radius 3 is 3.06 bits per heavy atom. The van der Waals surface area contributed by atoms with E-state index in [-0.39, 0.29) is 0 Å². The zero-order valence-electron chi connectivity index (χ0n) is 9.90. The van der Waals surface area contributed by atoms with Gasteiger partial charge in [0.15, 0.2) is 0 Å². The fourth-order valence-electron chi connectivity index (χ4n) is 1.62. The van der Waals surface area contributed by atoms with Crippen LogP contribution in [0.15, 0.2) is 42.9 Å². The quantitative estimate of drug-likeness (QED) is 0.771. The highest BCUT2D eigenvalue weighted by molar-refractivity contribution is 5.61. The van der Waals surface area contributed by atoms with Crippen LogP contribution >= 0.6 is 0 Å². The summed E-state index contributed by atoms with van der Waals surface area (Å²) in [5.74, 6) is 0. The summed E-state index contributed by atoms with van der Waals surface area (Å²) in [4.78, 5) is 4.11. The number of H-pyrrole nitrogens is 1. The highest BCUT2D eigenvalue weighted by atomic mass is 15.1. The summed E-state index contributed by atoms with van der Waals surface area (Å²) in [6.07, 6.45) is 5.43. The Hall–Kier alpha value is -1.94. The molecule has 2 aromatic rings. The fraction of sp³-hybridized carbons (Fsp3) is 0.231. The van der Waals surface area contributed by atoms with Crippen molar-refractivity contribution in [3.63, 3.8) is 0 Å². The number of aromatic amines is 1. The molecule has 0 aliphatic heterocycles. The van der Waals surface area contributed by atoms with E-state index in [1.807, 2.05) is 31.5 Å². The Bertz CT molecular complexity index is 487. The molecule has 0 radical (unpaired) electrons. The number of aromatic nitrogens is 3. The second-order valence-corrected chi connectivity index (χ2v) is 4.07. The van der Waals surface area contributed by atoms with Gasteiger partial charge in [-0.05, 0) is 19.1 Å². The third-order valence-corrected chi connectivity index (χ3v) is 2.41. The Kier molecular flexibility index (Phi) is 3.67. The summed E-state index contributed by atoms with van der Waals surface area (Å²) >= 11 is 0. The molecule has 0 bridgehead atoms. The van der Waals surface area contributed by atoms with Crippen LogP contribution in [0.25, 0.3) is 11.3 Å². The first kappa shape index (κ1) is 11.5. The van der Waals surface area contributed by atoms with E-state index in [1.54, 1.807) is 6.20 Å². The average Bonchev–Trinajstić information content (AvgIpc) is 2.78. The topological polar surface area (TPSA) is 53.6 Å². The normalized spacial score (nSPS) is 10.4. The summed E-state index contributed by atoms with van der Waals surface area (Å²) in [5, 5.41) is 10.4. The molecule has 0 amide bonds. The van der Waals surface area contributed by atoms with E-state index in [0.717, 1.165) is 35.5 Å². The first-order chi connectivity index (χ1) is 8.27. The second kappa shape index (κ2) is 5.41. The van der Waals surface area contributed by atoms with E-state index in [4.69, 9.17) is 0 Å². The molecule has 0 unspecified atom stereocenters. The van der Waals surface area contributed by atoms with Crippen molar-refractivity contribution >= 4 is 0 Å². The maximum Gasteiger partial charge on any atom is 0.0710 e. The predicted octanol–water partition coefficient (Wildman–Crippen LogP) is 2.14. The van der Waals surface area contributed by atoms with Crippen LogP contribution in [0, 0.1) is 0 Å². The van der Waals surface area contributed by atoms with Crippen molar-refractivity contribution in [2.45, 2.75) is 13.5 Å². The monoisotopic (exact) mass is 228 g/mol. The van der Waals surface area contributed by atoms with Crippen LogP contribution < -0.4 is 5.32 Å². The van der Waals surface area contributed by atoms with Crippen LogP contribution in [-0.2, 0) is 6.54 Å². The molecule has 2 aromatic heterocycles. The van der Waals surface area contributed by atoms with Gasteiger partial charge in [-0.25, -0.2) is 0 Å². The van der Waals surface area contributed by atoms with Crippen molar-refractivity contribution in [3.05, 3.63) is 48.4 Å². The minimum atomic E-state index is 0.771. The lowest BCUT2D eigenvalue weighted by atomic mass is 10.1. The van der Waals surface area contributed by atoms with Gasteiger partial charge in [0.05, 0.1) is 11.9 Å². The molecule has 0 aliphatic rings. The first-order valence-corrected chi connectivity index (χ1v) is 5.55. The van der Waals surface area contributed by atoms with Gasteiger partial charge < -0.3 is 5.32 Å². The van der Waals surface area contributed by atoms with E-state index in [1.165, 1.54) is 0 Å². The molecular formula is C13H16N4. The van der Waals surface area contributed by atoms with Crippen LogP contribution in [0.5, 0.6) is 0 Å². The molecule has 88 valence electrons. The lowest BCUT2D eigenvalue weighted by Gasteiger charge is -2.05. The molecule has 2 heterocycles. The highest BCUT2D eigenvalue weighted by Crippen LogP contribution is 2.19. The van der Waals surface area contributed by atoms with E-state index in [2.05, 4.69) is 27.1 Å². The SMILES string of the molecule is C=C(C)CNCc1cn[nH]c1-c1cccnc1. The van der Waals surface area contributed by atoms with Gasteiger partial charge in [0.2, 0.25) is 0 Å². The van der Waals surface area contributed by atoms with Gasteiger partial charge >= 0.3 is 0 Å². The zero-order chi connectivity index (χ0) is 12.1. The molecule has 17 heavy (non-hydrogen) atoms. The van der Waals surface area contributed by atoms with E-state index >= 15 is 0 Å². The Labute approximate surface area is 101 Å². The lowest BCUT2D eigenvalue weighted by Crippen LogP contribution is -2.15. The number of hydrogen-bond donors (Lipinski definition) is 2. The maximum absolute atomic E-state index is 4.11. The summed E-state index contributed by atoms with van der Waals surface area (Å²) in [7, 11) is 0. The van der Waals surface area contributed by atoms with Crippen LogP contribution in [0.2, 0.25) is 0 Å². The molecule has 0 fully saturated rings. The summed E-state index contributed by atoms with van der Waals surface area (Å²) in [6, 6.07) is 3.93. The molecule has 4 nitrogen and oxygen atoms in total. The summed E-state index contributed by atoms with van der Waals surface area (Å²) < 4.78 is 0. The Morgan fingerprint density at radius 1 is 1.47 bits per heavy atom. The van der Waals surface area contributed by atoms with E-state index in [9.17, 15) is 0 Å². The standard InChI is InChI=1S/C13H16N4/c1-10(2)6-15-8-12-9-16-17-13(12)11-4-3-5-14-7-11/h3-5,7,9,15H,1,6,8H2,2H3,(H,16,17). The summed E-state index contributed by atoms with van der Waals surface area (Å²) in [5.41, 5.74) is 4.33. The average molecular weight is 228 g/mol. The van der Waals surface area contributed by atoms with Crippen molar-refractivity contribution < 1.29 is 0 Å². The minimum absolute atomic E-state index is 0.771. The maximum atomic E-state index is 4.11. The number of rotatable bonds is 5. The number of nitrogens with one attached hydrogen (secondary N) is 2. The van der Waals surface area contributed by atoms with Gasteiger partial charge in [-0.1, -0.05) is 12.2 Å². The molecular weight excluding hydrogens is 212 g/mol. The van der Waals surface area contributed by atoms with Gasteiger partial charge in [-0.15, -0.1) is 0 Å². The Balaban J connectivity index is 2.10. The predicted molar refractivity (Wildman–Crippen MR) is 68.3 cm³/mol. The Morgan fingerprint density at radius 2 is 2.35 bits per heavy atom. The minimum Gasteiger partial charge on any atom is -0.309 e.